The van der Waals surface area contributed by atoms with Gasteiger partial charge in [-0.25, -0.2) is 0 Å². The van der Waals surface area contributed by atoms with Crippen LogP contribution in [0.5, 0.6) is 17.2 Å². The molecule has 0 amide bonds. The third-order valence-electron chi connectivity index (χ3n) is 2.68. The van der Waals surface area contributed by atoms with Crippen molar-refractivity contribution in [1.82, 2.24) is 0 Å². The van der Waals surface area contributed by atoms with Gasteiger partial charge in [-0.3, -0.25) is 0 Å². The van der Waals surface area contributed by atoms with Crippen molar-refractivity contribution >= 4 is 45.2 Å². The van der Waals surface area contributed by atoms with Crippen molar-refractivity contribution < 1.29 is 14.9 Å². The van der Waals surface area contributed by atoms with E-state index in [0.29, 0.717) is 12.2 Å². The van der Waals surface area contributed by atoms with Crippen molar-refractivity contribution in [1.29, 1.82) is 0 Å². The fraction of sp³-hybridized carbons (Fsp3) is 0.200. The number of rotatable bonds is 4. The van der Waals surface area contributed by atoms with Crippen LogP contribution in [0.1, 0.15) is 12.5 Å². The van der Waals surface area contributed by atoms with E-state index in [4.69, 9.17) is 10.5 Å². The van der Waals surface area contributed by atoms with Gasteiger partial charge >= 0.3 is 0 Å². The molecule has 21 heavy (non-hydrogen) atoms. The van der Waals surface area contributed by atoms with Gasteiger partial charge in [-0.15, -0.1) is 0 Å². The predicted octanol–water partition coefficient (Wildman–Crippen LogP) is 3.60. The minimum absolute atomic E-state index is 0.201. The van der Waals surface area contributed by atoms with Crippen molar-refractivity contribution in [2.45, 2.75) is 19.1 Å². The molecule has 0 saturated heterocycles. The zero-order valence-corrected chi connectivity index (χ0v) is 15.6. The van der Waals surface area contributed by atoms with Gasteiger partial charge < -0.3 is 20.7 Å². The summed E-state index contributed by atoms with van der Waals surface area (Å²) in [5.41, 5.74) is 5.36. The molecule has 1 atom stereocenters. The Balaban J connectivity index is 2.26. The molecule has 0 fully saturated rings. The van der Waals surface area contributed by atoms with Crippen LogP contribution in [0.3, 0.4) is 0 Å². The summed E-state index contributed by atoms with van der Waals surface area (Å²) in [5.74, 6) is 1.61. The largest absolute Gasteiger partial charge is 0.508 e. The first-order valence-electron chi connectivity index (χ1n) is 6.21. The number of halogens is 2. The molecule has 4 N–H and O–H groups in total. The highest BCUT2D eigenvalue weighted by molar-refractivity contribution is 14.1. The summed E-state index contributed by atoms with van der Waals surface area (Å²) in [7, 11) is 0. The van der Waals surface area contributed by atoms with Crippen LogP contribution in [0.4, 0.5) is 0 Å². The molecule has 0 aromatic heterocycles. The minimum atomic E-state index is -1.23. The van der Waals surface area contributed by atoms with Gasteiger partial charge in [0.2, 0.25) is 0 Å². The molecule has 6 heteroatoms. The van der Waals surface area contributed by atoms with Gasteiger partial charge in [0.1, 0.15) is 17.2 Å². The molecule has 1 unspecified atom stereocenters. The molecule has 4 nitrogen and oxygen atoms in total. The highest BCUT2D eigenvalue weighted by atomic mass is 127. The third-order valence-corrected chi connectivity index (χ3v) is 4.28. The van der Waals surface area contributed by atoms with Gasteiger partial charge in [0, 0.05) is 6.42 Å². The fourth-order valence-corrected chi connectivity index (χ4v) is 3.97. The van der Waals surface area contributed by atoms with Crippen molar-refractivity contribution in [2.75, 3.05) is 0 Å². The van der Waals surface area contributed by atoms with E-state index in [1.54, 1.807) is 31.2 Å². The number of ether oxygens (including phenoxy) is 1. The van der Waals surface area contributed by atoms with E-state index in [-0.39, 0.29) is 5.75 Å². The molecule has 0 aliphatic carbocycles. The van der Waals surface area contributed by atoms with Gasteiger partial charge in [0.15, 0.2) is 5.75 Å². The smallest absolute Gasteiger partial charge is 0.154 e. The van der Waals surface area contributed by atoms with Crippen LogP contribution in [0.25, 0.3) is 0 Å². The molecule has 0 radical (unpaired) electrons. The molecular formula is C15H15I2NO3. The lowest BCUT2D eigenvalue weighted by molar-refractivity contribution is 0.0676. The van der Waals surface area contributed by atoms with E-state index in [1.165, 1.54) is 0 Å². The number of hydrogen-bond acceptors (Lipinski definition) is 4. The van der Waals surface area contributed by atoms with E-state index in [2.05, 4.69) is 45.2 Å². The SMILES string of the molecule is CC(N)(O)Cc1cc(I)c(Oc2ccc(O)cc2)c(I)c1. The maximum absolute atomic E-state index is 9.70. The van der Waals surface area contributed by atoms with Gasteiger partial charge in [0.05, 0.1) is 7.14 Å². The van der Waals surface area contributed by atoms with Gasteiger partial charge in [-0.2, -0.15) is 0 Å². The topological polar surface area (TPSA) is 75.7 Å². The lowest BCUT2D eigenvalue weighted by Gasteiger charge is -2.18. The first-order chi connectivity index (χ1) is 9.74. The van der Waals surface area contributed by atoms with Crippen LogP contribution >= 0.6 is 45.2 Å². The summed E-state index contributed by atoms with van der Waals surface area (Å²) in [4.78, 5) is 0. The number of phenols is 1. The van der Waals surface area contributed by atoms with E-state index in [0.717, 1.165) is 18.5 Å². The van der Waals surface area contributed by atoms with E-state index >= 15 is 0 Å². The first kappa shape index (κ1) is 16.8. The summed E-state index contributed by atoms with van der Waals surface area (Å²) in [5, 5.41) is 19.0. The normalized spacial score (nSPS) is 13.8. The standard InChI is InChI=1S/C15H15I2NO3/c1-15(18,20)8-9-6-12(16)14(13(17)7-9)21-11-4-2-10(19)3-5-11/h2-7,19-20H,8,18H2,1H3. The Hall–Kier alpha value is -0.580. The zero-order chi connectivity index (χ0) is 15.6. The zero-order valence-electron chi connectivity index (χ0n) is 11.3. The summed E-state index contributed by atoms with van der Waals surface area (Å²) in [6.45, 7) is 1.58. The van der Waals surface area contributed by atoms with Crippen LogP contribution < -0.4 is 10.5 Å². The Kier molecular flexibility index (Phi) is 5.33. The Morgan fingerprint density at radius 3 is 2.14 bits per heavy atom. The fourth-order valence-electron chi connectivity index (χ4n) is 1.86. The van der Waals surface area contributed by atoms with E-state index in [9.17, 15) is 10.2 Å². The molecule has 112 valence electrons. The van der Waals surface area contributed by atoms with E-state index in [1.807, 2.05) is 12.1 Å². The van der Waals surface area contributed by atoms with Crippen molar-refractivity contribution in [3.05, 3.63) is 49.1 Å². The Labute approximate surface area is 150 Å². The third kappa shape index (κ3) is 4.97. The lowest BCUT2D eigenvalue weighted by Crippen LogP contribution is -2.37. The number of aromatic hydroxyl groups is 1. The maximum Gasteiger partial charge on any atom is 0.154 e. The molecule has 0 spiro atoms. The first-order valence-corrected chi connectivity index (χ1v) is 8.36. The molecule has 0 aliphatic heterocycles. The van der Waals surface area contributed by atoms with Gasteiger partial charge in [-0.05, 0) is 94.1 Å². The Morgan fingerprint density at radius 1 is 1.14 bits per heavy atom. The molecule has 0 saturated carbocycles. The van der Waals surface area contributed by atoms with Crippen LogP contribution in [0, 0.1) is 7.14 Å². The molecule has 2 rings (SSSR count). The number of phenolic OH excluding ortho intramolecular Hbond substituents is 1. The molecule has 0 heterocycles. The highest BCUT2D eigenvalue weighted by Gasteiger charge is 2.17. The van der Waals surface area contributed by atoms with Crippen LogP contribution in [-0.4, -0.2) is 15.9 Å². The average molecular weight is 511 g/mol. The molecule has 2 aromatic carbocycles. The van der Waals surface area contributed by atoms with Gasteiger partial charge in [0.25, 0.3) is 0 Å². The summed E-state index contributed by atoms with van der Waals surface area (Å²) < 4.78 is 7.73. The second-order valence-corrected chi connectivity index (χ2v) is 7.34. The van der Waals surface area contributed by atoms with Crippen LogP contribution in [0.15, 0.2) is 36.4 Å². The second kappa shape index (κ2) is 6.67. The summed E-state index contributed by atoms with van der Waals surface area (Å²) in [6, 6.07) is 10.5. The lowest BCUT2D eigenvalue weighted by atomic mass is 10.1. The number of aliphatic hydroxyl groups is 1. The summed E-state index contributed by atoms with van der Waals surface area (Å²) >= 11 is 4.39. The number of nitrogens with two attached hydrogens (primary N) is 1. The summed E-state index contributed by atoms with van der Waals surface area (Å²) in [6.07, 6.45) is 0.374. The quantitative estimate of drug-likeness (QED) is 0.434. The van der Waals surface area contributed by atoms with Crippen molar-refractivity contribution in [3.8, 4) is 17.2 Å². The van der Waals surface area contributed by atoms with E-state index < -0.39 is 5.72 Å². The number of hydrogen-bond donors (Lipinski definition) is 3. The monoisotopic (exact) mass is 511 g/mol. The molecule has 2 aromatic rings. The Bertz CT molecular complexity index is 613. The Morgan fingerprint density at radius 2 is 1.67 bits per heavy atom. The molecule has 0 bridgehead atoms. The number of benzene rings is 2. The van der Waals surface area contributed by atoms with Gasteiger partial charge in [-0.1, -0.05) is 0 Å². The molecule has 0 aliphatic rings. The van der Waals surface area contributed by atoms with Crippen LogP contribution in [0.2, 0.25) is 0 Å². The maximum atomic E-state index is 9.70. The molecular weight excluding hydrogens is 496 g/mol. The second-order valence-electron chi connectivity index (χ2n) is 5.02. The minimum Gasteiger partial charge on any atom is -0.508 e. The van der Waals surface area contributed by atoms with Crippen LogP contribution in [-0.2, 0) is 6.42 Å². The average Bonchev–Trinajstić information content (AvgIpc) is 2.34. The van der Waals surface area contributed by atoms with Crippen molar-refractivity contribution in [2.24, 2.45) is 5.73 Å². The predicted molar refractivity (Wildman–Crippen MR) is 98.6 cm³/mol. The van der Waals surface area contributed by atoms with Crippen molar-refractivity contribution in [3.63, 3.8) is 0 Å². The highest BCUT2D eigenvalue weighted by Crippen LogP contribution is 2.33.